The highest BCUT2D eigenvalue weighted by Gasteiger charge is 2.45. The van der Waals surface area contributed by atoms with Crippen molar-refractivity contribution >= 4 is 5.97 Å². The number of aliphatic hydroxyl groups excluding tert-OH is 1. The van der Waals surface area contributed by atoms with E-state index in [2.05, 4.69) is 12.2 Å². The Bertz CT molecular complexity index is 448. The minimum atomic E-state index is -0.700. The van der Waals surface area contributed by atoms with E-state index in [1.165, 1.54) is 0 Å². The van der Waals surface area contributed by atoms with Crippen LogP contribution in [0.25, 0.3) is 0 Å². The maximum atomic E-state index is 12.3. The molecule has 2 rings (SSSR count). The summed E-state index contributed by atoms with van der Waals surface area (Å²) in [6, 6.07) is 9.29. The SMILES string of the molecule is CCCC[C@]1(C)N[C@@H](CO)[C@H](c2ccccc2)OC1=O. The van der Waals surface area contributed by atoms with Crippen LogP contribution >= 0.6 is 0 Å². The van der Waals surface area contributed by atoms with Crippen LogP contribution in [-0.2, 0) is 9.53 Å². The maximum absolute atomic E-state index is 12.3. The lowest BCUT2D eigenvalue weighted by Gasteiger charge is -2.42. The molecule has 0 bridgehead atoms. The molecule has 1 fully saturated rings. The van der Waals surface area contributed by atoms with Gasteiger partial charge in [0, 0.05) is 0 Å². The number of unbranched alkanes of at least 4 members (excludes halogenated alkanes) is 1. The van der Waals surface area contributed by atoms with Crippen molar-refractivity contribution in [1.82, 2.24) is 5.32 Å². The first-order valence-electron chi connectivity index (χ1n) is 7.25. The van der Waals surface area contributed by atoms with E-state index in [-0.39, 0.29) is 18.6 Å². The molecule has 0 saturated carbocycles. The lowest BCUT2D eigenvalue weighted by Crippen LogP contribution is -2.62. The van der Waals surface area contributed by atoms with E-state index >= 15 is 0 Å². The molecule has 4 heteroatoms. The van der Waals surface area contributed by atoms with E-state index in [1.54, 1.807) is 0 Å². The topological polar surface area (TPSA) is 58.6 Å². The van der Waals surface area contributed by atoms with Crippen molar-refractivity contribution in [2.75, 3.05) is 6.61 Å². The minimum absolute atomic E-state index is 0.0610. The van der Waals surface area contributed by atoms with E-state index < -0.39 is 11.6 Å². The van der Waals surface area contributed by atoms with Gasteiger partial charge in [0.1, 0.15) is 11.6 Å². The predicted molar refractivity (Wildman–Crippen MR) is 77.2 cm³/mol. The van der Waals surface area contributed by atoms with Gasteiger partial charge < -0.3 is 9.84 Å². The fourth-order valence-electron chi connectivity index (χ4n) is 2.66. The molecule has 0 aliphatic carbocycles. The summed E-state index contributed by atoms with van der Waals surface area (Å²) in [4.78, 5) is 12.3. The highest BCUT2D eigenvalue weighted by molar-refractivity contribution is 5.81. The van der Waals surface area contributed by atoms with Crippen LogP contribution in [0, 0.1) is 0 Å². The maximum Gasteiger partial charge on any atom is 0.326 e. The second-order valence-electron chi connectivity index (χ2n) is 5.61. The number of morpholine rings is 1. The number of hydrogen-bond acceptors (Lipinski definition) is 4. The Kier molecular flexibility index (Phi) is 4.78. The van der Waals surface area contributed by atoms with E-state index in [0.717, 1.165) is 24.8 Å². The van der Waals surface area contributed by atoms with Crippen LogP contribution < -0.4 is 5.32 Å². The first-order valence-corrected chi connectivity index (χ1v) is 7.25. The van der Waals surface area contributed by atoms with Crippen molar-refractivity contribution in [2.45, 2.75) is 50.8 Å². The predicted octanol–water partition coefficient (Wildman–Crippen LogP) is 2.18. The van der Waals surface area contributed by atoms with Gasteiger partial charge in [-0.1, -0.05) is 50.1 Å². The fourth-order valence-corrected chi connectivity index (χ4v) is 2.66. The zero-order valence-corrected chi connectivity index (χ0v) is 12.1. The zero-order valence-electron chi connectivity index (χ0n) is 12.1. The first-order chi connectivity index (χ1) is 9.60. The molecule has 4 nitrogen and oxygen atoms in total. The number of ether oxygens (including phenoxy) is 1. The normalized spacial score (nSPS) is 30.1. The summed E-state index contributed by atoms with van der Waals surface area (Å²) in [7, 11) is 0. The molecule has 1 aliphatic heterocycles. The van der Waals surface area contributed by atoms with Gasteiger partial charge in [-0.05, 0) is 18.9 Å². The Balaban J connectivity index is 2.18. The van der Waals surface area contributed by atoms with Gasteiger partial charge in [0.2, 0.25) is 0 Å². The first kappa shape index (κ1) is 15.0. The molecule has 0 aromatic heterocycles. The van der Waals surface area contributed by atoms with Crippen molar-refractivity contribution < 1.29 is 14.6 Å². The number of carbonyl (C=O) groups excluding carboxylic acids is 1. The molecule has 0 unspecified atom stereocenters. The van der Waals surface area contributed by atoms with Crippen LogP contribution in [0.5, 0.6) is 0 Å². The van der Waals surface area contributed by atoms with Gasteiger partial charge in [0.05, 0.1) is 12.6 Å². The fraction of sp³-hybridized carbons (Fsp3) is 0.562. The summed E-state index contributed by atoms with van der Waals surface area (Å²) >= 11 is 0. The molecule has 1 saturated heterocycles. The van der Waals surface area contributed by atoms with Gasteiger partial charge in [-0.15, -0.1) is 0 Å². The highest BCUT2D eigenvalue weighted by atomic mass is 16.6. The Morgan fingerprint density at radius 2 is 2.05 bits per heavy atom. The monoisotopic (exact) mass is 277 g/mol. The van der Waals surface area contributed by atoms with Crippen molar-refractivity contribution in [2.24, 2.45) is 0 Å². The van der Waals surface area contributed by atoms with Gasteiger partial charge in [0.15, 0.2) is 0 Å². The number of nitrogens with one attached hydrogen (secondary N) is 1. The zero-order chi connectivity index (χ0) is 14.6. The van der Waals surface area contributed by atoms with E-state index in [4.69, 9.17) is 4.74 Å². The van der Waals surface area contributed by atoms with Crippen LogP contribution in [-0.4, -0.2) is 29.3 Å². The summed E-state index contributed by atoms with van der Waals surface area (Å²) < 4.78 is 5.63. The van der Waals surface area contributed by atoms with Crippen LogP contribution in [0.3, 0.4) is 0 Å². The van der Waals surface area contributed by atoms with Crippen LogP contribution in [0.2, 0.25) is 0 Å². The van der Waals surface area contributed by atoms with Gasteiger partial charge in [-0.25, -0.2) is 0 Å². The number of cyclic esters (lactones) is 1. The molecular weight excluding hydrogens is 254 g/mol. The molecule has 1 aliphatic rings. The second-order valence-corrected chi connectivity index (χ2v) is 5.61. The molecule has 3 atom stereocenters. The van der Waals surface area contributed by atoms with E-state index in [0.29, 0.717) is 0 Å². The summed E-state index contributed by atoms with van der Waals surface area (Å²) in [6.07, 6.45) is 2.27. The van der Waals surface area contributed by atoms with Gasteiger partial charge in [-0.3, -0.25) is 10.1 Å². The van der Waals surface area contributed by atoms with Crippen LogP contribution in [0.4, 0.5) is 0 Å². The molecule has 110 valence electrons. The highest BCUT2D eigenvalue weighted by Crippen LogP contribution is 2.31. The summed E-state index contributed by atoms with van der Waals surface area (Å²) in [5.41, 5.74) is 0.208. The molecule has 1 aromatic carbocycles. The Labute approximate surface area is 120 Å². The number of esters is 1. The number of aliphatic hydroxyl groups is 1. The number of carbonyl (C=O) groups is 1. The molecule has 0 radical (unpaired) electrons. The lowest BCUT2D eigenvalue weighted by molar-refractivity contribution is -0.169. The third-order valence-corrected chi connectivity index (χ3v) is 3.91. The van der Waals surface area contributed by atoms with Gasteiger partial charge in [-0.2, -0.15) is 0 Å². The summed E-state index contributed by atoms with van der Waals surface area (Å²) in [5, 5.41) is 12.9. The quantitative estimate of drug-likeness (QED) is 0.810. The Morgan fingerprint density at radius 1 is 1.35 bits per heavy atom. The molecule has 0 spiro atoms. The third-order valence-electron chi connectivity index (χ3n) is 3.91. The smallest absolute Gasteiger partial charge is 0.326 e. The van der Waals surface area contributed by atoms with Crippen LogP contribution in [0.1, 0.15) is 44.8 Å². The molecule has 20 heavy (non-hydrogen) atoms. The third kappa shape index (κ3) is 3.02. The molecule has 2 N–H and O–H groups in total. The molecular formula is C16H23NO3. The van der Waals surface area contributed by atoms with Gasteiger partial charge in [0.25, 0.3) is 0 Å². The largest absolute Gasteiger partial charge is 0.454 e. The van der Waals surface area contributed by atoms with Crippen LogP contribution in [0.15, 0.2) is 30.3 Å². The molecule has 1 heterocycles. The summed E-state index contributed by atoms with van der Waals surface area (Å²) in [6.45, 7) is 3.89. The van der Waals surface area contributed by atoms with Crippen molar-refractivity contribution in [3.05, 3.63) is 35.9 Å². The standard InChI is InChI=1S/C16H23NO3/c1-3-4-10-16(2)15(19)20-14(13(11-18)17-16)12-8-6-5-7-9-12/h5-9,13-14,17-18H,3-4,10-11H2,1-2H3/t13-,14-,16-/m0/s1. The van der Waals surface area contributed by atoms with Gasteiger partial charge >= 0.3 is 5.97 Å². The molecule has 0 amide bonds. The Morgan fingerprint density at radius 3 is 2.65 bits per heavy atom. The number of hydrogen-bond donors (Lipinski definition) is 2. The van der Waals surface area contributed by atoms with Crippen molar-refractivity contribution in [1.29, 1.82) is 0 Å². The van der Waals surface area contributed by atoms with Crippen molar-refractivity contribution in [3.8, 4) is 0 Å². The Hall–Kier alpha value is -1.39. The molecule has 1 aromatic rings. The number of rotatable bonds is 5. The van der Waals surface area contributed by atoms with E-state index in [9.17, 15) is 9.90 Å². The minimum Gasteiger partial charge on any atom is -0.454 e. The lowest BCUT2D eigenvalue weighted by atomic mass is 9.89. The second kappa shape index (κ2) is 6.37. The average molecular weight is 277 g/mol. The van der Waals surface area contributed by atoms with E-state index in [1.807, 2.05) is 37.3 Å². The number of benzene rings is 1. The summed E-state index contributed by atoms with van der Waals surface area (Å²) in [5.74, 6) is -0.232. The van der Waals surface area contributed by atoms with Crippen molar-refractivity contribution in [3.63, 3.8) is 0 Å². The average Bonchev–Trinajstić information content (AvgIpc) is 2.48.